The first-order valence-electron chi connectivity index (χ1n) is 5.11. The van der Waals surface area contributed by atoms with E-state index in [-0.39, 0.29) is 5.54 Å². The number of hydrogen-bond donors (Lipinski definition) is 2. The third kappa shape index (κ3) is 4.77. The summed E-state index contributed by atoms with van der Waals surface area (Å²) in [5.41, 5.74) is 0.675. The van der Waals surface area contributed by atoms with Crippen molar-refractivity contribution in [3.63, 3.8) is 0 Å². The monoisotopic (exact) mass is 335 g/mol. The molecule has 0 spiro atoms. The van der Waals surface area contributed by atoms with Gasteiger partial charge in [0, 0.05) is 5.54 Å². The van der Waals surface area contributed by atoms with Gasteiger partial charge in [-0.2, -0.15) is 0 Å². The van der Waals surface area contributed by atoms with Gasteiger partial charge >= 0.3 is 0 Å². The van der Waals surface area contributed by atoms with Gasteiger partial charge in [-0.15, -0.1) is 0 Å². The van der Waals surface area contributed by atoms with Crippen LogP contribution in [0, 0.1) is 6.92 Å². The molecule has 0 bridgehead atoms. The number of hydrogen-bond acceptors (Lipinski definition) is 2. The summed E-state index contributed by atoms with van der Waals surface area (Å²) >= 11 is 14.6. The van der Waals surface area contributed by atoms with Crippen molar-refractivity contribution in [1.82, 2.24) is 10.3 Å². The van der Waals surface area contributed by atoms with Crippen molar-refractivity contribution in [3.8, 4) is 0 Å². The average Bonchev–Trinajstić information content (AvgIpc) is 2.11. The topological polar surface area (TPSA) is 37.0 Å². The zero-order chi connectivity index (χ0) is 13.2. The summed E-state index contributed by atoms with van der Waals surface area (Å²) in [5.74, 6) is 0.661. The van der Waals surface area contributed by atoms with Crippen molar-refractivity contribution in [2.75, 3.05) is 5.32 Å². The molecule has 0 radical (unpaired) electrons. The quantitative estimate of drug-likeness (QED) is 0.763. The van der Waals surface area contributed by atoms with Gasteiger partial charge in [0.25, 0.3) is 0 Å². The maximum Gasteiger partial charge on any atom is 0.172 e. The Bertz CT molecular complexity index is 443. The Morgan fingerprint density at radius 1 is 1.47 bits per heavy atom. The number of nitrogens with one attached hydrogen (secondary N) is 2. The first-order chi connectivity index (χ1) is 7.69. The molecule has 0 saturated carbocycles. The average molecular weight is 337 g/mol. The largest absolute Gasteiger partial charge is 0.358 e. The summed E-state index contributed by atoms with van der Waals surface area (Å²) < 4.78 is 0.783. The molecule has 1 heterocycles. The minimum atomic E-state index is -0.0853. The molecular formula is C11H15BrClN3S. The van der Waals surface area contributed by atoms with E-state index in [4.69, 9.17) is 23.8 Å². The van der Waals surface area contributed by atoms with Crippen molar-refractivity contribution >= 4 is 50.7 Å². The van der Waals surface area contributed by atoms with Gasteiger partial charge in [0.1, 0.15) is 5.82 Å². The van der Waals surface area contributed by atoms with Crippen LogP contribution in [-0.2, 0) is 0 Å². The first kappa shape index (κ1) is 14.7. The number of aromatic nitrogens is 1. The summed E-state index contributed by atoms with van der Waals surface area (Å²) in [4.78, 5) is 4.32. The molecule has 0 fully saturated rings. The molecule has 0 amide bonds. The SMILES string of the molecule is Cc1nc(NC(=S)NC(C)(C)C)c(Br)cc1Cl. The predicted molar refractivity (Wildman–Crippen MR) is 80.8 cm³/mol. The maximum atomic E-state index is 5.96. The van der Waals surface area contributed by atoms with Crippen molar-refractivity contribution in [2.45, 2.75) is 33.2 Å². The lowest BCUT2D eigenvalue weighted by molar-refractivity contribution is 0.515. The summed E-state index contributed by atoms with van der Waals surface area (Å²) in [7, 11) is 0. The molecule has 6 heteroatoms. The Morgan fingerprint density at radius 2 is 2.06 bits per heavy atom. The molecule has 0 unspecified atom stereocenters. The molecule has 0 atom stereocenters. The number of rotatable bonds is 1. The number of thiocarbonyl (C=S) groups is 1. The Labute approximate surface area is 120 Å². The number of anilines is 1. The summed E-state index contributed by atoms with van der Waals surface area (Å²) in [6, 6.07) is 1.80. The van der Waals surface area contributed by atoms with E-state index in [0.29, 0.717) is 16.0 Å². The van der Waals surface area contributed by atoms with E-state index in [1.54, 1.807) is 6.07 Å². The minimum Gasteiger partial charge on any atom is -0.358 e. The molecule has 3 nitrogen and oxygen atoms in total. The highest BCUT2D eigenvalue weighted by Crippen LogP contribution is 2.26. The smallest absolute Gasteiger partial charge is 0.172 e. The second kappa shape index (κ2) is 5.50. The molecule has 1 aromatic heterocycles. The van der Waals surface area contributed by atoms with Gasteiger partial charge in [-0.1, -0.05) is 11.6 Å². The van der Waals surface area contributed by atoms with Gasteiger partial charge in [-0.3, -0.25) is 0 Å². The van der Waals surface area contributed by atoms with Crippen LogP contribution >= 0.6 is 39.7 Å². The van der Waals surface area contributed by atoms with Gasteiger partial charge in [-0.25, -0.2) is 4.98 Å². The van der Waals surface area contributed by atoms with E-state index in [9.17, 15) is 0 Å². The number of nitrogens with zero attached hydrogens (tertiary/aromatic N) is 1. The molecule has 2 N–H and O–H groups in total. The second-order valence-electron chi connectivity index (χ2n) is 4.72. The molecule has 17 heavy (non-hydrogen) atoms. The fourth-order valence-electron chi connectivity index (χ4n) is 1.13. The van der Waals surface area contributed by atoms with Crippen LogP contribution in [0.25, 0.3) is 0 Å². The Morgan fingerprint density at radius 3 is 2.59 bits per heavy atom. The summed E-state index contributed by atoms with van der Waals surface area (Å²) in [5, 5.41) is 7.35. The molecule has 0 aliphatic heterocycles. The Kier molecular flexibility index (Phi) is 4.75. The highest BCUT2D eigenvalue weighted by molar-refractivity contribution is 9.10. The lowest BCUT2D eigenvalue weighted by Crippen LogP contribution is -2.43. The third-order valence-electron chi connectivity index (χ3n) is 1.83. The summed E-state index contributed by atoms with van der Waals surface area (Å²) in [6.45, 7) is 7.96. The van der Waals surface area contributed by atoms with Gasteiger partial charge in [0.05, 0.1) is 15.2 Å². The third-order valence-corrected chi connectivity index (χ3v) is 3.02. The van der Waals surface area contributed by atoms with E-state index in [1.807, 2.05) is 27.7 Å². The van der Waals surface area contributed by atoms with Crippen LogP contribution in [0.4, 0.5) is 5.82 Å². The minimum absolute atomic E-state index is 0.0853. The summed E-state index contributed by atoms with van der Waals surface area (Å²) in [6.07, 6.45) is 0. The zero-order valence-electron chi connectivity index (χ0n) is 10.2. The van der Waals surface area contributed by atoms with E-state index in [0.717, 1.165) is 10.2 Å². The maximum absolute atomic E-state index is 5.96. The van der Waals surface area contributed by atoms with E-state index >= 15 is 0 Å². The number of aryl methyl sites for hydroxylation is 1. The van der Waals surface area contributed by atoms with Crippen LogP contribution in [0.3, 0.4) is 0 Å². The van der Waals surface area contributed by atoms with Crippen LogP contribution < -0.4 is 10.6 Å². The van der Waals surface area contributed by atoms with Gasteiger partial charge < -0.3 is 10.6 Å². The van der Waals surface area contributed by atoms with Gasteiger partial charge in [-0.05, 0) is 61.9 Å². The van der Waals surface area contributed by atoms with E-state index in [1.165, 1.54) is 0 Å². The Hall–Kier alpha value is -0.390. The second-order valence-corrected chi connectivity index (χ2v) is 6.38. The molecular weight excluding hydrogens is 322 g/mol. The molecule has 0 saturated heterocycles. The lowest BCUT2D eigenvalue weighted by atomic mass is 10.1. The Balaban J connectivity index is 2.82. The van der Waals surface area contributed by atoms with E-state index < -0.39 is 0 Å². The highest BCUT2D eigenvalue weighted by atomic mass is 79.9. The van der Waals surface area contributed by atoms with Crippen molar-refractivity contribution in [1.29, 1.82) is 0 Å². The van der Waals surface area contributed by atoms with Crippen molar-refractivity contribution < 1.29 is 0 Å². The van der Waals surface area contributed by atoms with E-state index in [2.05, 4.69) is 31.5 Å². The van der Waals surface area contributed by atoms with Crippen LogP contribution in [0.5, 0.6) is 0 Å². The standard InChI is InChI=1S/C11H15BrClN3S/c1-6-8(13)5-7(12)9(14-6)15-10(17)16-11(2,3)4/h5H,1-4H3,(H2,14,15,16,17). The highest BCUT2D eigenvalue weighted by Gasteiger charge is 2.13. The number of pyridine rings is 1. The fraction of sp³-hybridized carbons (Fsp3) is 0.455. The molecule has 0 aliphatic rings. The number of halogens is 2. The van der Waals surface area contributed by atoms with Crippen LogP contribution in [0.15, 0.2) is 10.5 Å². The lowest BCUT2D eigenvalue weighted by Gasteiger charge is -2.23. The van der Waals surface area contributed by atoms with Crippen LogP contribution in [0.2, 0.25) is 5.02 Å². The van der Waals surface area contributed by atoms with Crippen molar-refractivity contribution in [3.05, 3.63) is 21.3 Å². The normalized spacial score (nSPS) is 11.2. The predicted octanol–water partition coefficient (Wildman–Crippen LogP) is 3.89. The molecule has 1 rings (SSSR count). The fourth-order valence-corrected chi connectivity index (χ4v) is 2.23. The van der Waals surface area contributed by atoms with Crippen molar-refractivity contribution in [2.24, 2.45) is 0 Å². The van der Waals surface area contributed by atoms with Crippen LogP contribution in [-0.4, -0.2) is 15.6 Å². The zero-order valence-corrected chi connectivity index (χ0v) is 13.3. The van der Waals surface area contributed by atoms with Gasteiger partial charge in [0.15, 0.2) is 5.11 Å². The molecule has 94 valence electrons. The van der Waals surface area contributed by atoms with Gasteiger partial charge in [0.2, 0.25) is 0 Å². The first-order valence-corrected chi connectivity index (χ1v) is 6.69. The molecule has 0 aromatic carbocycles. The molecule has 1 aromatic rings. The molecule has 0 aliphatic carbocycles. The van der Waals surface area contributed by atoms with Crippen LogP contribution in [0.1, 0.15) is 26.5 Å².